The lowest BCUT2D eigenvalue weighted by Gasteiger charge is -2.21. The van der Waals surface area contributed by atoms with Crippen LogP contribution >= 0.6 is 11.3 Å². The van der Waals surface area contributed by atoms with Crippen molar-refractivity contribution in [3.63, 3.8) is 0 Å². The number of nitrogen functional groups attached to an aromatic ring is 1. The van der Waals surface area contributed by atoms with Gasteiger partial charge in [-0.1, -0.05) is 0 Å². The molecule has 18 heavy (non-hydrogen) atoms. The summed E-state index contributed by atoms with van der Waals surface area (Å²) in [6.45, 7) is 3.92. The maximum absolute atomic E-state index is 11.8. The Morgan fingerprint density at radius 2 is 2.28 bits per heavy atom. The van der Waals surface area contributed by atoms with Crippen LogP contribution in [0, 0.1) is 0 Å². The van der Waals surface area contributed by atoms with Crippen LogP contribution in [0.1, 0.15) is 40.8 Å². The zero-order chi connectivity index (χ0) is 13.3. The monoisotopic (exact) mass is 269 g/mol. The lowest BCUT2D eigenvalue weighted by molar-refractivity contribution is -0.157. The van der Waals surface area contributed by atoms with Gasteiger partial charge >= 0.3 is 5.97 Å². The molecule has 6 heteroatoms. The highest BCUT2D eigenvalue weighted by Crippen LogP contribution is 2.40. The van der Waals surface area contributed by atoms with Crippen LogP contribution in [-0.4, -0.2) is 25.0 Å². The van der Waals surface area contributed by atoms with E-state index in [0.29, 0.717) is 35.1 Å². The molecule has 2 N–H and O–H groups in total. The Labute approximate surface area is 109 Å². The van der Waals surface area contributed by atoms with Crippen LogP contribution < -0.4 is 5.73 Å². The van der Waals surface area contributed by atoms with E-state index in [9.17, 15) is 9.59 Å². The van der Waals surface area contributed by atoms with Crippen LogP contribution in [0.5, 0.6) is 0 Å². The topological polar surface area (TPSA) is 78.6 Å². The van der Waals surface area contributed by atoms with Gasteiger partial charge in [0.1, 0.15) is 0 Å². The number of ether oxygens (including phenoxy) is 2. The second-order valence-corrected chi connectivity index (χ2v) is 5.08. The molecule has 98 valence electrons. The van der Waals surface area contributed by atoms with Crippen LogP contribution in [0.3, 0.4) is 0 Å². The standard InChI is InChI=1S/C12H15NO4S/c1-3-16-12(15)9-10-7(4-5-17-9)8(6(2)14)11(13)18-10/h9H,3-5,13H2,1-2H3. The van der Waals surface area contributed by atoms with Crippen LogP contribution in [0.2, 0.25) is 0 Å². The van der Waals surface area contributed by atoms with Crippen molar-refractivity contribution in [2.24, 2.45) is 0 Å². The Bertz CT molecular complexity index is 495. The van der Waals surface area contributed by atoms with Crippen molar-refractivity contribution in [3.05, 3.63) is 16.0 Å². The number of anilines is 1. The minimum absolute atomic E-state index is 0.0745. The van der Waals surface area contributed by atoms with Gasteiger partial charge < -0.3 is 15.2 Å². The van der Waals surface area contributed by atoms with E-state index in [2.05, 4.69) is 0 Å². The van der Waals surface area contributed by atoms with Crippen LogP contribution in [0.25, 0.3) is 0 Å². The van der Waals surface area contributed by atoms with Crippen molar-refractivity contribution in [2.45, 2.75) is 26.4 Å². The van der Waals surface area contributed by atoms with Gasteiger partial charge in [-0.05, 0) is 25.8 Å². The summed E-state index contributed by atoms with van der Waals surface area (Å²) in [6.07, 6.45) is -0.137. The molecule has 0 saturated heterocycles. The molecule has 0 fully saturated rings. The molecule has 0 bridgehead atoms. The molecule has 1 aromatic heterocycles. The molecule has 5 nitrogen and oxygen atoms in total. The highest BCUT2D eigenvalue weighted by molar-refractivity contribution is 7.16. The molecule has 1 aliphatic rings. The second-order valence-electron chi connectivity index (χ2n) is 3.99. The first kappa shape index (κ1) is 13.0. The van der Waals surface area contributed by atoms with E-state index in [0.717, 1.165) is 5.56 Å². The first-order valence-electron chi connectivity index (χ1n) is 5.76. The van der Waals surface area contributed by atoms with E-state index in [4.69, 9.17) is 15.2 Å². The van der Waals surface area contributed by atoms with Gasteiger partial charge in [-0.15, -0.1) is 11.3 Å². The molecule has 1 unspecified atom stereocenters. The highest BCUT2D eigenvalue weighted by Gasteiger charge is 2.34. The third-order valence-electron chi connectivity index (χ3n) is 2.79. The van der Waals surface area contributed by atoms with Crippen LogP contribution in [-0.2, 0) is 20.7 Å². The van der Waals surface area contributed by atoms with Crippen molar-refractivity contribution in [3.8, 4) is 0 Å². The number of esters is 1. The van der Waals surface area contributed by atoms with E-state index in [1.807, 2.05) is 0 Å². The zero-order valence-corrected chi connectivity index (χ0v) is 11.1. The smallest absolute Gasteiger partial charge is 0.340 e. The van der Waals surface area contributed by atoms with E-state index >= 15 is 0 Å². The van der Waals surface area contributed by atoms with Crippen LogP contribution in [0.15, 0.2) is 0 Å². The van der Waals surface area contributed by atoms with Gasteiger partial charge in [0.25, 0.3) is 0 Å². The van der Waals surface area contributed by atoms with Crippen molar-refractivity contribution in [1.82, 2.24) is 0 Å². The Morgan fingerprint density at radius 1 is 1.56 bits per heavy atom. The molecule has 0 spiro atoms. The number of hydrogen-bond acceptors (Lipinski definition) is 6. The Hall–Kier alpha value is -1.40. The van der Waals surface area contributed by atoms with E-state index in [1.165, 1.54) is 18.3 Å². The summed E-state index contributed by atoms with van der Waals surface area (Å²) in [6, 6.07) is 0. The minimum atomic E-state index is -0.742. The number of hydrogen-bond donors (Lipinski definition) is 1. The molecule has 0 radical (unpaired) electrons. The van der Waals surface area contributed by atoms with Gasteiger partial charge in [0.2, 0.25) is 0 Å². The number of thiophene rings is 1. The maximum atomic E-state index is 11.8. The van der Waals surface area contributed by atoms with Crippen molar-refractivity contribution < 1.29 is 19.1 Å². The van der Waals surface area contributed by atoms with Crippen molar-refractivity contribution in [1.29, 1.82) is 0 Å². The summed E-state index contributed by atoms with van der Waals surface area (Å²) in [5.41, 5.74) is 7.23. The molecule has 0 saturated carbocycles. The molecule has 1 aliphatic heterocycles. The molecule has 0 amide bonds. The fourth-order valence-corrected chi connectivity index (χ4v) is 3.30. The quantitative estimate of drug-likeness (QED) is 0.667. The van der Waals surface area contributed by atoms with Gasteiger partial charge in [0.15, 0.2) is 11.9 Å². The molecule has 0 aromatic carbocycles. The van der Waals surface area contributed by atoms with Gasteiger partial charge in [-0.2, -0.15) is 0 Å². The van der Waals surface area contributed by atoms with E-state index in [-0.39, 0.29) is 5.78 Å². The van der Waals surface area contributed by atoms with Gasteiger partial charge in [-0.3, -0.25) is 4.79 Å². The Kier molecular flexibility index (Phi) is 3.68. The largest absolute Gasteiger partial charge is 0.464 e. The van der Waals surface area contributed by atoms with Crippen molar-refractivity contribution >= 4 is 28.1 Å². The molecule has 1 aromatic rings. The predicted molar refractivity (Wildman–Crippen MR) is 67.8 cm³/mol. The van der Waals surface area contributed by atoms with Gasteiger partial charge in [0, 0.05) is 0 Å². The number of rotatable bonds is 3. The summed E-state index contributed by atoms with van der Waals surface area (Å²) in [7, 11) is 0. The molecule has 0 aliphatic carbocycles. The number of carbonyl (C=O) groups is 2. The number of fused-ring (bicyclic) bond motifs is 1. The fourth-order valence-electron chi connectivity index (χ4n) is 2.10. The van der Waals surface area contributed by atoms with E-state index in [1.54, 1.807) is 6.92 Å². The third-order valence-corrected chi connectivity index (χ3v) is 3.90. The van der Waals surface area contributed by atoms with E-state index < -0.39 is 12.1 Å². The SMILES string of the molecule is CCOC(=O)C1OCCc2c1sc(N)c2C(C)=O. The number of ketones is 1. The summed E-state index contributed by atoms with van der Waals surface area (Å²) in [4.78, 5) is 24.1. The zero-order valence-electron chi connectivity index (χ0n) is 10.3. The molecule has 2 heterocycles. The number of carbonyl (C=O) groups excluding carboxylic acids is 2. The second kappa shape index (κ2) is 5.07. The summed E-state index contributed by atoms with van der Waals surface area (Å²) < 4.78 is 10.4. The minimum Gasteiger partial charge on any atom is -0.464 e. The maximum Gasteiger partial charge on any atom is 0.340 e. The Morgan fingerprint density at radius 3 is 2.89 bits per heavy atom. The number of Topliss-reactive ketones (excluding diaryl/α,β-unsaturated/α-hetero) is 1. The first-order chi connectivity index (χ1) is 8.56. The average Bonchev–Trinajstić information content (AvgIpc) is 2.64. The fraction of sp³-hybridized carbons (Fsp3) is 0.500. The lowest BCUT2D eigenvalue weighted by Crippen LogP contribution is -2.24. The summed E-state index contributed by atoms with van der Waals surface area (Å²) in [5.74, 6) is -0.496. The highest BCUT2D eigenvalue weighted by atomic mass is 32.1. The molecular weight excluding hydrogens is 254 g/mol. The normalized spacial score (nSPS) is 18.2. The number of nitrogens with two attached hydrogens (primary N) is 1. The lowest BCUT2D eigenvalue weighted by atomic mass is 10.00. The third kappa shape index (κ3) is 2.13. The summed E-state index contributed by atoms with van der Waals surface area (Å²) >= 11 is 1.24. The average molecular weight is 269 g/mol. The molecule has 2 rings (SSSR count). The predicted octanol–water partition coefficient (Wildman–Crippen LogP) is 1.71. The van der Waals surface area contributed by atoms with Gasteiger partial charge in [0.05, 0.1) is 28.7 Å². The van der Waals surface area contributed by atoms with Gasteiger partial charge in [-0.25, -0.2) is 4.79 Å². The van der Waals surface area contributed by atoms with Crippen LogP contribution in [0.4, 0.5) is 5.00 Å². The molecular formula is C12H15NO4S. The Balaban J connectivity index is 2.42. The van der Waals surface area contributed by atoms with Crippen molar-refractivity contribution in [2.75, 3.05) is 18.9 Å². The summed E-state index contributed by atoms with van der Waals surface area (Å²) in [5, 5.41) is 0.451. The molecule has 1 atom stereocenters. The first-order valence-corrected chi connectivity index (χ1v) is 6.58.